The van der Waals surface area contributed by atoms with Crippen molar-refractivity contribution < 1.29 is 9.90 Å². The van der Waals surface area contributed by atoms with E-state index in [4.69, 9.17) is 5.73 Å². The summed E-state index contributed by atoms with van der Waals surface area (Å²) < 4.78 is 0. The van der Waals surface area contributed by atoms with Gasteiger partial charge in [-0.25, -0.2) is 0 Å². The fraction of sp³-hybridized carbons (Fsp3) is 0.553. The van der Waals surface area contributed by atoms with Crippen LogP contribution in [-0.4, -0.2) is 17.6 Å². The first kappa shape index (κ1) is 31.3. The van der Waals surface area contributed by atoms with E-state index < -0.39 is 5.97 Å². The van der Waals surface area contributed by atoms with E-state index >= 15 is 0 Å². The normalized spacial score (nSPS) is 24.0. The number of aryl methyl sites for hydroxylation is 1. The van der Waals surface area contributed by atoms with Crippen LogP contribution in [0.2, 0.25) is 0 Å². The predicted molar refractivity (Wildman–Crippen MR) is 172 cm³/mol. The SMILES string of the molecule is NCC[C@@H]1[C@@H](CC(=O)O)[C@@H](Cc2ccccc2)C=C[C@H]1C[C@@H](C/C=C\CCC1CCCCC1)CCc1ccccc1. The van der Waals surface area contributed by atoms with Gasteiger partial charge in [0.1, 0.15) is 0 Å². The maximum atomic E-state index is 12.1. The fourth-order valence-electron chi connectivity index (χ4n) is 7.64. The molecule has 0 aromatic heterocycles. The smallest absolute Gasteiger partial charge is 0.303 e. The quantitative estimate of drug-likeness (QED) is 0.203. The van der Waals surface area contributed by atoms with Gasteiger partial charge in [-0.2, -0.15) is 0 Å². The van der Waals surface area contributed by atoms with Crippen LogP contribution in [0.15, 0.2) is 85.0 Å². The molecule has 222 valence electrons. The second-order valence-corrected chi connectivity index (χ2v) is 12.8. The number of aliphatic carboxylic acids is 1. The van der Waals surface area contributed by atoms with Gasteiger partial charge in [-0.05, 0) is 105 Å². The summed E-state index contributed by atoms with van der Waals surface area (Å²) >= 11 is 0. The molecule has 4 rings (SSSR count). The largest absolute Gasteiger partial charge is 0.481 e. The highest BCUT2D eigenvalue weighted by molar-refractivity contribution is 5.67. The summed E-state index contributed by atoms with van der Waals surface area (Å²) in [4.78, 5) is 12.1. The van der Waals surface area contributed by atoms with E-state index in [2.05, 4.69) is 78.9 Å². The number of carboxylic acid groups (broad SMARTS) is 1. The van der Waals surface area contributed by atoms with Crippen molar-refractivity contribution in [3.05, 3.63) is 96.1 Å². The summed E-state index contributed by atoms with van der Waals surface area (Å²) in [6, 6.07) is 21.4. The lowest BCUT2D eigenvalue weighted by Gasteiger charge is -2.40. The van der Waals surface area contributed by atoms with Crippen molar-refractivity contribution in [1.29, 1.82) is 0 Å². The van der Waals surface area contributed by atoms with Gasteiger partial charge in [0.05, 0.1) is 0 Å². The lowest BCUT2D eigenvalue weighted by Crippen LogP contribution is -2.36. The number of rotatable bonds is 16. The summed E-state index contributed by atoms with van der Waals surface area (Å²) in [5.74, 6) is 1.87. The van der Waals surface area contributed by atoms with E-state index in [1.165, 1.54) is 56.1 Å². The van der Waals surface area contributed by atoms with Crippen molar-refractivity contribution >= 4 is 5.97 Å². The highest BCUT2D eigenvalue weighted by atomic mass is 16.4. The molecule has 2 aromatic carbocycles. The average molecular weight is 556 g/mol. The van der Waals surface area contributed by atoms with Crippen LogP contribution in [0.3, 0.4) is 0 Å². The van der Waals surface area contributed by atoms with Crippen LogP contribution in [-0.2, 0) is 17.6 Å². The molecule has 0 amide bonds. The monoisotopic (exact) mass is 555 g/mol. The molecule has 3 nitrogen and oxygen atoms in total. The van der Waals surface area contributed by atoms with Gasteiger partial charge in [0, 0.05) is 6.42 Å². The van der Waals surface area contributed by atoms with Gasteiger partial charge in [-0.15, -0.1) is 0 Å². The predicted octanol–water partition coefficient (Wildman–Crippen LogP) is 9.03. The van der Waals surface area contributed by atoms with Crippen molar-refractivity contribution in [3.8, 4) is 0 Å². The highest BCUT2D eigenvalue weighted by Crippen LogP contribution is 2.43. The highest BCUT2D eigenvalue weighted by Gasteiger charge is 2.37. The van der Waals surface area contributed by atoms with Crippen LogP contribution < -0.4 is 5.73 Å². The van der Waals surface area contributed by atoms with Crippen molar-refractivity contribution in [2.75, 3.05) is 6.54 Å². The van der Waals surface area contributed by atoms with Crippen LogP contribution in [0.5, 0.6) is 0 Å². The number of hydrogen-bond acceptors (Lipinski definition) is 2. The first-order valence-electron chi connectivity index (χ1n) is 16.5. The number of carbonyl (C=O) groups is 1. The molecule has 0 bridgehead atoms. The van der Waals surface area contributed by atoms with Crippen molar-refractivity contribution in [3.63, 3.8) is 0 Å². The van der Waals surface area contributed by atoms with Crippen molar-refractivity contribution in [1.82, 2.24) is 0 Å². The molecular formula is C38H53NO2. The summed E-state index contributed by atoms with van der Waals surface area (Å²) in [6.07, 6.45) is 25.8. The molecule has 2 aliphatic rings. The maximum Gasteiger partial charge on any atom is 0.303 e. The van der Waals surface area contributed by atoms with Gasteiger partial charge >= 0.3 is 5.97 Å². The molecular weight excluding hydrogens is 502 g/mol. The summed E-state index contributed by atoms with van der Waals surface area (Å²) in [7, 11) is 0. The van der Waals surface area contributed by atoms with Crippen LogP contribution in [0.4, 0.5) is 0 Å². The van der Waals surface area contributed by atoms with Gasteiger partial charge in [0.25, 0.3) is 0 Å². The lowest BCUT2D eigenvalue weighted by atomic mass is 9.64. The first-order chi connectivity index (χ1) is 20.1. The Labute approximate surface area is 249 Å². The molecule has 0 saturated heterocycles. The number of allylic oxidation sites excluding steroid dienone is 4. The summed E-state index contributed by atoms with van der Waals surface area (Å²) in [5.41, 5.74) is 8.86. The molecule has 3 heteroatoms. The molecule has 3 N–H and O–H groups in total. The average Bonchev–Trinajstić information content (AvgIpc) is 2.99. The van der Waals surface area contributed by atoms with E-state index in [1.807, 2.05) is 6.07 Å². The standard InChI is InChI=1S/C38H53NO2/c39-26-25-36-34(23-24-35(37(36)29-38(40)41)27-32-18-10-4-11-19-32)28-33(22-21-31-16-8-2-9-17-31)20-12-3-7-15-30-13-5-1-6-14-30/h2-4,8-12,16-19,23-24,30,33-37H,1,5-7,13-15,20-22,25-29,39H2,(H,40,41)/b12-3-/t33-,34-,35+,36-,37-/m0/s1. The third-order valence-electron chi connectivity index (χ3n) is 9.87. The Morgan fingerprint density at radius 1 is 0.854 bits per heavy atom. The van der Waals surface area contributed by atoms with E-state index in [1.54, 1.807) is 0 Å². The van der Waals surface area contributed by atoms with E-state index in [9.17, 15) is 9.90 Å². The van der Waals surface area contributed by atoms with Gasteiger partial charge < -0.3 is 10.8 Å². The van der Waals surface area contributed by atoms with E-state index in [0.29, 0.717) is 24.3 Å². The molecule has 2 aromatic rings. The fourth-order valence-corrected chi connectivity index (χ4v) is 7.64. The van der Waals surface area contributed by atoms with E-state index in [0.717, 1.165) is 44.4 Å². The van der Waals surface area contributed by atoms with Gasteiger partial charge in [0.15, 0.2) is 0 Å². The minimum Gasteiger partial charge on any atom is -0.481 e. The third kappa shape index (κ3) is 10.6. The maximum absolute atomic E-state index is 12.1. The molecule has 0 aliphatic heterocycles. The molecule has 1 fully saturated rings. The zero-order chi connectivity index (χ0) is 28.7. The van der Waals surface area contributed by atoms with Crippen LogP contribution in [0, 0.1) is 35.5 Å². The molecule has 0 heterocycles. The van der Waals surface area contributed by atoms with Gasteiger partial charge in [-0.3, -0.25) is 4.79 Å². The van der Waals surface area contributed by atoms with Crippen LogP contribution in [0.1, 0.15) is 88.2 Å². The summed E-state index contributed by atoms with van der Waals surface area (Å²) in [6.45, 7) is 0.610. The summed E-state index contributed by atoms with van der Waals surface area (Å²) in [5, 5.41) is 9.91. The first-order valence-corrected chi connectivity index (χ1v) is 16.5. The lowest BCUT2D eigenvalue weighted by molar-refractivity contribution is -0.139. The van der Waals surface area contributed by atoms with Crippen LogP contribution in [0.25, 0.3) is 0 Å². The Morgan fingerprint density at radius 3 is 2.22 bits per heavy atom. The zero-order valence-corrected chi connectivity index (χ0v) is 25.1. The van der Waals surface area contributed by atoms with Crippen LogP contribution >= 0.6 is 0 Å². The second-order valence-electron chi connectivity index (χ2n) is 12.8. The Bertz CT molecular complexity index is 1060. The van der Waals surface area contributed by atoms with Gasteiger partial charge in [-0.1, -0.05) is 117 Å². The number of benzene rings is 2. The van der Waals surface area contributed by atoms with Crippen molar-refractivity contribution in [2.45, 2.75) is 89.9 Å². The number of nitrogens with two attached hydrogens (primary N) is 1. The molecule has 0 radical (unpaired) electrons. The minimum atomic E-state index is -0.689. The Kier molecular flexibility index (Phi) is 13.2. The molecule has 2 aliphatic carbocycles. The zero-order valence-electron chi connectivity index (χ0n) is 25.1. The Balaban J connectivity index is 1.45. The molecule has 1 saturated carbocycles. The number of carboxylic acids is 1. The molecule has 5 atom stereocenters. The minimum absolute atomic E-state index is 0.118. The third-order valence-corrected chi connectivity index (χ3v) is 9.87. The van der Waals surface area contributed by atoms with E-state index in [-0.39, 0.29) is 18.3 Å². The number of hydrogen-bond donors (Lipinski definition) is 2. The van der Waals surface area contributed by atoms with Crippen molar-refractivity contribution in [2.24, 2.45) is 41.2 Å². The second kappa shape index (κ2) is 17.3. The topological polar surface area (TPSA) is 63.3 Å². The Hall–Kier alpha value is -2.65. The van der Waals surface area contributed by atoms with Gasteiger partial charge in [0.2, 0.25) is 0 Å². The Morgan fingerprint density at radius 2 is 1.54 bits per heavy atom. The molecule has 41 heavy (non-hydrogen) atoms. The molecule has 0 unspecified atom stereocenters. The molecule has 0 spiro atoms.